The SMILES string of the molecule is Cc1cc(C(=O)CSc2nncn2-c2ccccc2)c(C)n1[C@@H](C)c1ccccc1. The molecule has 1 atom stereocenters. The number of carbonyl (C=O) groups excluding carboxylic acids is 1. The molecule has 0 unspecified atom stereocenters. The second kappa shape index (κ2) is 8.71. The summed E-state index contributed by atoms with van der Waals surface area (Å²) in [6.45, 7) is 6.25. The van der Waals surface area contributed by atoms with Crippen molar-refractivity contribution in [3.8, 4) is 5.69 Å². The molecule has 0 amide bonds. The van der Waals surface area contributed by atoms with Crippen molar-refractivity contribution in [3.63, 3.8) is 0 Å². The van der Waals surface area contributed by atoms with E-state index in [1.807, 2.05) is 66.1 Å². The number of para-hydroxylation sites is 1. The first-order chi connectivity index (χ1) is 14.6. The molecular formula is C24H24N4OS. The van der Waals surface area contributed by atoms with Crippen molar-refractivity contribution in [2.75, 3.05) is 5.75 Å². The Kier molecular flexibility index (Phi) is 5.86. The molecule has 6 heteroatoms. The van der Waals surface area contributed by atoms with E-state index in [1.165, 1.54) is 17.3 Å². The summed E-state index contributed by atoms with van der Waals surface area (Å²) in [6, 6.07) is 22.4. The van der Waals surface area contributed by atoms with E-state index in [1.54, 1.807) is 6.33 Å². The molecule has 0 N–H and O–H groups in total. The molecule has 2 aromatic carbocycles. The van der Waals surface area contributed by atoms with E-state index in [9.17, 15) is 4.79 Å². The van der Waals surface area contributed by atoms with E-state index < -0.39 is 0 Å². The molecule has 4 rings (SSSR count). The van der Waals surface area contributed by atoms with Gasteiger partial charge in [-0.25, -0.2) is 0 Å². The maximum Gasteiger partial charge on any atom is 0.196 e. The molecule has 152 valence electrons. The number of carbonyl (C=O) groups is 1. The number of Topliss-reactive ketones (excluding diaryl/α,β-unsaturated/α-hetero) is 1. The molecule has 0 aliphatic heterocycles. The monoisotopic (exact) mass is 416 g/mol. The molecule has 5 nitrogen and oxygen atoms in total. The number of aromatic nitrogens is 4. The van der Waals surface area contributed by atoms with Crippen LogP contribution in [0.2, 0.25) is 0 Å². The molecule has 4 aromatic rings. The molecule has 2 aromatic heterocycles. The number of hydrogen-bond acceptors (Lipinski definition) is 4. The highest BCUT2D eigenvalue weighted by Crippen LogP contribution is 2.27. The van der Waals surface area contributed by atoms with E-state index in [0.717, 1.165) is 22.6 Å². The van der Waals surface area contributed by atoms with Gasteiger partial charge in [-0.2, -0.15) is 0 Å². The fraction of sp³-hybridized carbons (Fsp3) is 0.208. The number of thioether (sulfide) groups is 1. The number of ketones is 1. The number of benzene rings is 2. The van der Waals surface area contributed by atoms with E-state index in [0.29, 0.717) is 10.9 Å². The molecule has 0 aliphatic rings. The van der Waals surface area contributed by atoms with Crippen molar-refractivity contribution in [3.05, 3.63) is 95.6 Å². The third-order valence-corrected chi connectivity index (χ3v) is 6.28. The average Bonchev–Trinajstić information content (AvgIpc) is 3.37. The highest BCUT2D eigenvalue weighted by Gasteiger charge is 2.20. The highest BCUT2D eigenvalue weighted by molar-refractivity contribution is 7.99. The Hall–Kier alpha value is -3.12. The fourth-order valence-electron chi connectivity index (χ4n) is 3.83. The van der Waals surface area contributed by atoms with Crippen LogP contribution in [0.3, 0.4) is 0 Å². The van der Waals surface area contributed by atoms with E-state index >= 15 is 0 Å². The van der Waals surface area contributed by atoms with Crippen LogP contribution < -0.4 is 0 Å². The fourth-order valence-corrected chi connectivity index (χ4v) is 4.64. The topological polar surface area (TPSA) is 52.7 Å². The van der Waals surface area contributed by atoms with E-state index in [4.69, 9.17) is 0 Å². The Morgan fingerprint density at radius 3 is 2.40 bits per heavy atom. The van der Waals surface area contributed by atoms with Gasteiger partial charge in [-0.1, -0.05) is 60.3 Å². The maximum atomic E-state index is 13.0. The Morgan fingerprint density at radius 1 is 1.03 bits per heavy atom. The molecule has 0 radical (unpaired) electrons. The van der Waals surface area contributed by atoms with Crippen LogP contribution in [0.5, 0.6) is 0 Å². The Labute approximate surface area is 180 Å². The molecule has 30 heavy (non-hydrogen) atoms. The summed E-state index contributed by atoms with van der Waals surface area (Å²) < 4.78 is 4.14. The summed E-state index contributed by atoms with van der Waals surface area (Å²) in [7, 11) is 0. The quantitative estimate of drug-likeness (QED) is 0.304. The number of rotatable bonds is 7. The average molecular weight is 417 g/mol. The first kappa shape index (κ1) is 20.2. The minimum atomic E-state index is 0.0993. The lowest BCUT2D eigenvalue weighted by molar-refractivity contribution is 0.102. The normalized spacial score (nSPS) is 12.1. The third kappa shape index (κ3) is 3.96. The summed E-state index contributed by atoms with van der Waals surface area (Å²) in [5.41, 5.74) is 5.06. The minimum Gasteiger partial charge on any atom is -0.341 e. The van der Waals surface area contributed by atoms with Gasteiger partial charge >= 0.3 is 0 Å². The van der Waals surface area contributed by atoms with Gasteiger partial charge in [0.05, 0.1) is 11.8 Å². The molecule has 0 bridgehead atoms. The van der Waals surface area contributed by atoms with E-state index in [-0.39, 0.29) is 11.8 Å². The van der Waals surface area contributed by atoms with Crippen molar-refractivity contribution in [2.45, 2.75) is 32.0 Å². The Balaban J connectivity index is 1.53. The zero-order chi connectivity index (χ0) is 21.1. The predicted molar refractivity (Wildman–Crippen MR) is 121 cm³/mol. The highest BCUT2D eigenvalue weighted by atomic mass is 32.2. The first-order valence-electron chi connectivity index (χ1n) is 9.91. The molecule has 2 heterocycles. The third-order valence-electron chi connectivity index (χ3n) is 5.34. The number of aryl methyl sites for hydroxylation is 1. The van der Waals surface area contributed by atoms with Crippen molar-refractivity contribution in [1.82, 2.24) is 19.3 Å². The zero-order valence-corrected chi connectivity index (χ0v) is 18.1. The van der Waals surface area contributed by atoms with Crippen molar-refractivity contribution >= 4 is 17.5 Å². The summed E-state index contributed by atoms with van der Waals surface area (Å²) in [5, 5.41) is 8.92. The van der Waals surface area contributed by atoms with Gasteiger partial charge in [0, 0.05) is 22.6 Å². The summed E-state index contributed by atoms with van der Waals surface area (Å²) in [6.07, 6.45) is 1.68. The molecule has 0 aliphatic carbocycles. The van der Waals surface area contributed by atoms with Gasteiger partial charge in [-0.05, 0) is 44.5 Å². The largest absolute Gasteiger partial charge is 0.341 e. The van der Waals surface area contributed by atoms with Gasteiger partial charge in [0.2, 0.25) is 0 Å². The van der Waals surface area contributed by atoms with Crippen LogP contribution in [-0.2, 0) is 0 Å². The standard InChI is InChI=1S/C24H24N4OS/c1-17-14-22(19(3)28(17)18(2)20-10-6-4-7-11-20)23(29)15-30-24-26-25-16-27(24)21-12-8-5-9-13-21/h4-14,16,18H,15H2,1-3H3/t18-/m0/s1. The van der Waals surface area contributed by atoms with Crippen LogP contribution in [0, 0.1) is 13.8 Å². The van der Waals surface area contributed by atoms with Gasteiger partial charge in [0.25, 0.3) is 0 Å². The molecule has 0 fully saturated rings. The Bertz CT molecular complexity index is 1150. The molecule has 0 saturated heterocycles. The van der Waals surface area contributed by atoms with Crippen molar-refractivity contribution in [1.29, 1.82) is 0 Å². The number of nitrogens with zero attached hydrogens (tertiary/aromatic N) is 4. The lowest BCUT2D eigenvalue weighted by Crippen LogP contribution is -2.12. The van der Waals surface area contributed by atoms with Gasteiger partial charge in [-0.15, -0.1) is 10.2 Å². The first-order valence-corrected chi connectivity index (χ1v) is 10.9. The van der Waals surface area contributed by atoms with Crippen LogP contribution in [0.25, 0.3) is 5.69 Å². The summed E-state index contributed by atoms with van der Waals surface area (Å²) >= 11 is 1.41. The van der Waals surface area contributed by atoms with E-state index in [2.05, 4.69) is 40.7 Å². The van der Waals surface area contributed by atoms with Crippen LogP contribution in [0.15, 0.2) is 78.2 Å². The lowest BCUT2D eigenvalue weighted by atomic mass is 10.1. The van der Waals surface area contributed by atoms with Crippen LogP contribution >= 0.6 is 11.8 Å². The van der Waals surface area contributed by atoms with Crippen molar-refractivity contribution < 1.29 is 4.79 Å². The second-order valence-corrected chi connectivity index (χ2v) is 8.21. The van der Waals surface area contributed by atoms with Crippen molar-refractivity contribution in [2.24, 2.45) is 0 Å². The summed E-state index contributed by atoms with van der Waals surface area (Å²) in [4.78, 5) is 13.0. The minimum absolute atomic E-state index is 0.0993. The Morgan fingerprint density at radius 2 is 1.70 bits per heavy atom. The second-order valence-electron chi connectivity index (χ2n) is 7.27. The van der Waals surface area contributed by atoms with Gasteiger partial charge in [0.15, 0.2) is 10.9 Å². The summed E-state index contributed by atoms with van der Waals surface area (Å²) in [5.74, 6) is 0.414. The smallest absolute Gasteiger partial charge is 0.196 e. The predicted octanol–water partition coefficient (Wildman–Crippen LogP) is 5.27. The molecular weight excluding hydrogens is 392 g/mol. The zero-order valence-electron chi connectivity index (χ0n) is 17.3. The van der Waals surface area contributed by atoms with Gasteiger partial charge in [-0.3, -0.25) is 9.36 Å². The molecule has 0 saturated carbocycles. The molecule has 0 spiro atoms. The number of hydrogen-bond donors (Lipinski definition) is 0. The van der Waals surface area contributed by atoms with Crippen LogP contribution in [0.1, 0.15) is 40.3 Å². The van der Waals surface area contributed by atoms with Gasteiger partial charge in [0.1, 0.15) is 6.33 Å². The van der Waals surface area contributed by atoms with Crippen LogP contribution in [-0.4, -0.2) is 30.9 Å². The lowest BCUT2D eigenvalue weighted by Gasteiger charge is -2.19. The maximum absolute atomic E-state index is 13.0. The van der Waals surface area contributed by atoms with Crippen LogP contribution in [0.4, 0.5) is 0 Å². The van der Waals surface area contributed by atoms with Gasteiger partial charge < -0.3 is 4.57 Å².